The molecule has 2 fully saturated rings. The largest absolute Gasteiger partial charge is 0.489 e. The van der Waals surface area contributed by atoms with Crippen molar-refractivity contribution in [1.29, 1.82) is 0 Å². The number of hydrogen-bond donors (Lipinski definition) is 2. The van der Waals surface area contributed by atoms with Crippen LogP contribution in [-0.4, -0.2) is 54.4 Å². The molecule has 3 rings (SSSR count). The van der Waals surface area contributed by atoms with Crippen LogP contribution < -0.4 is 10.1 Å². The fraction of sp³-hybridized carbons (Fsp3) is 0.714. The smallest absolute Gasteiger partial charge is 0.138 e. The van der Waals surface area contributed by atoms with Gasteiger partial charge in [0.2, 0.25) is 0 Å². The predicted molar refractivity (Wildman–Crippen MR) is 112 cm³/mol. The van der Waals surface area contributed by atoms with Crippen LogP contribution in [0.25, 0.3) is 0 Å². The van der Waals surface area contributed by atoms with Crippen LogP contribution in [-0.2, 0) is 0 Å². The lowest BCUT2D eigenvalue weighted by atomic mass is 9.79. The molecule has 1 aromatic rings. The molecule has 0 aromatic heterocycles. The first-order valence-corrected chi connectivity index (χ1v) is 11.1. The Bertz CT molecular complexity index is 588. The molecule has 0 unspecified atom stereocenters. The van der Waals surface area contributed by atoms with Crippen LogP contribution in [0, 0.1) is 0 Å². The third kappa shape index (κ3) is 5.98. The highest BCUT2D eigenvalue weighted by Crippen LogP contribution is 2.35. The van der Waals surface area contributed by atoms with Gasteiger partial charge in [0.1, 0.15) is 18.5 Å². The van der Waals surface area contributed by atoms with Gasteiger partial charge in [0, 0.05) is 23.7 Å². The number of aliphatic hydroxyl groups excluding tert-OH is 1. The molecule has 1 aliphatic heterocycles. The molecule has 152 valence electrons. The van der Waals surface area contributed by atoms with Crippen molar-refractivity contribution in [3.8, 4) is 5.75 Å². The number of aliphatic hydroxyl groups is 1. The first kappa shape index (κ1) is 21.2. The lowest BCUT2D eigenvalue weighted by molar-refractivity contribution is 0.0289. The van der Waals surface area contributed by atoms with Crippen molar-refractivity contribution < 1.29 is 9.84 Å². The molecule has 4 nitrogen and oxygen atoms in total. The number of nitrogens with zero attached hydrogens (tertiary/aromatic N) is 1. The molecule has 1 heterocycles. The summed E-state index contributed by atoms with van der Waals surface area (Å²) >= 11 is 12.0. The van der Waals surface area contributed by atoms with Crippen LogP contribution in [0.4, 0.5) is 0 Å². The number of hydrogen-bond acceptors (Lipinski definition) is 4. The Kier molecular flexibility index (Phi) is 8.10. The van der Waals surface area contributed by atoms with Crippen LogP contribution in [0.1, 0.15) is 51.4 Å². The normalized spacial score (nSPS) is 21.7. The third-order valence-electron chi connectivity index (χ3n) is 5.97. The standard InChI is InChI=1S/C21H32Cl2N2O2/c22-17-7-8-20(19(23)13-17)27-15-18(26)14-24-16-21(9-3-1-4-10-21)25-11-5-2-6-12-25/h7-8,13,18,24,26H,1-6,9-12,14-16H2/t18-/m1/s1. The van der Waals surface area contributed by atoms with Crippen molar-refractivity contribution >= 4 is 23.2 Å². The number of rotatable bonds is 8. The Morgan fingerprint density at radius 2 is 1.78 bits per heavy atom. The van der Waals surface area contributed by atoms with Crippen LogP contribution in [0.2, 0.25) is 10.0 Å². The summed E-state index contributed by atoms with van der Waals surface area (Å²) in [6.45, 7) is 4.14. The molecular weight excluding hydrogens is 383 g/mol. The van der Waals surface area contributed by atoms with Crippen LogP contribution in [0.3, 0.4) is 0 Å². The lowest BCUT2D eigenvalue weighted by Gasteiger charge is -2.48. The zero-order valence-corrected chi connectivity index (χ0v) is 17.6. The van der Waals surface area contributed by atoms with Crippen molar-refractivity contribution in [2.75, 3.05) is 32.8 Å². The summed E-state index contributed by atoms with van der Waals surface area (Å²) in [5.74, 6) is 0.553. The minimum absolute atomic E-state index is 0.213. The maximum atomic E-state index is 10.3. The minimum atomic E-state index is -0.571. The summed E-state index contributed by atoms with van der Waals surface area (Å²) in [7, 11) is 0. The van der Waals surface area contributed by atoms with E-state index in [4.69, 9.17) is 27.9 Å². The van der Waals surface area contributed by atoms with E-state index in [2.05, 4.69) is 10.2 Å². The number of piperidine rings is 1. The van der Waals surface area contributed by atoms with Crippen LogP contribution in [0.5, 0.6) is 5.75 Å². The Morgan fingerprint density at radius 1 is 1.07 bits per heavy atom. The van der Waals surface area contributed by atoms with Crippen molar-refractivity contribution in [2.45, 2.75) is 63.0 Å². The summed E-state index contributed by atoms with van der Waals surface area (Å²) in [4.78, 5) is 2.72. The first-order chi connectivity index (χ1) is 13.1. The highest BCUT2D eigenvalue weighted by atomic mass is 35.5. The highest BCUT2D eigenvalue weighted by molar-refractivity contribution is 6.35. The molecule has 2 N–H and O–H groups in total. The summed E-state index contributed by atoms with van der Waals surface area (Å²) in [5.41, 5.74) is 0.277. The minimum Gasteiger partial charge on any atom is -0.489 e. The zero-order valence-electron chi connectivity index (χ0n) is 16.1. The summed E-state index contributed by atoms with van der Waals surface area (Å²) in [6, 6.07) is 5.12. The van der Waals surface area contributed by atoms with Crippen molar-refractivity contribution in [3.05, 3.63) is 28.2 Å². The first-order valence-electron chi connectivity index (χ1n) is 10.3. The number of halogens is 2. The molecule has 1 aliphatic carbocycles. The second kappa shape index (κ2) is 10.3. The van der Waals surface area contributed by atoms with Crippen LogP contribution in [0.15, 0.2) is 18.2 Å². The number of likely N-dealkylation sites (tertiary alicyclic amines) is 1. The van der Waals surface area contributed by atoms with E-state index in [0.717, 1.165) is 6.54 Å². The SMILES string of the molecule is O[C@H](CNCC1(N2CCCCC2)CCCCC1)COc1ccc(Cl)cc1Cl. The van der Waals surface area contributed by atoms with Gasteiger partial charge in [0.05, 0.1) is 5.02 Å². The predicted octanol–water partition coefficient (Wildman–Crippen LogP) is 4.51. The number of benzene rings is 1. The molecule has 1 saturated heterocycles. The average molecular weight is 415 g/mol. The monoisotopic (exact) mass is 414 g/mol. The Labute approximate surface area is 173 Å². The highest BCUT2D eigenvalue weighted by Gasteiger charge is 2.37. The summed E-state index contributed by atoms with van der Waals surface area (Å²) < 4.78 is 5.65. The summed E-state index contributed by atoms with van der Waals surface area (Å²) in [5, 5.41) is 14.9. The Morgan fingerprint density at radius 3 is 2.48 bits per heavy atom. The number of nitrogens with one attached hydrogen (secondary N) is 1. The molecule has 1 saturated carbocycles. The van der Waals surface area contributed by atoms with Gasteiger partial charge in [0.15, 0.2) is 0 Å². The maximum absolute atomic E-state index is 10.3. The zero-order chi connectivity index (χ0) is 19.1. The van der Waals surface area contributed by atoms with E-state index < -0.39 is 6.10 Å². The molecule has 0 spiro atoms. The van der Waals surface area contributed by atoms with E-state index in [1.165, 1.54) is 64.5 Å². The van der Waals surface area contributed by atoms with Gasteiger partial charge < -0.3 is 15.2 Å². The van der Waals surface area contributed by atoms with Gasteiger partial charge in [0.25, 0.3) is 0 Å². The topological polar surface area (TPSA) is 44.7 Å². The van der Waals surface area contributed by atoms with Gasteiger partial charge >= 0.3 is 0 Å². The van der Waals surface area contributed by atoms with Gasteiger partial charge in [-0.25, -0.2) is 0 Å². The molecule has 6 heteroatoms. The maximum Gasteiger partial charge on any atom is 0.138 e. The molecule has 27 heavy (non-hydrogen) atoms. The molecule has 0 amide bonds. The number of ether oxygens (including phenoxy) is 1. The van der Waals surface area contributed by atoms with Gasteiger partial charge in [-0.15, -0.1) is 0 Å². The van der Waals surface area contributed by atoms with E-state index in [0.29, 0.717) is 22.3 Å². The van der Waals surface area contributed by atoms with E-state index in [1.54, 1.807) is 18.2 Å². The fourth-order valence-corrected chi connectivity index (χ4v) is 4.95. The molecule has 0 radical (unpaired) electrons. The van der Waals surface area contributed by atoms with Crippen molar-refractivity contribution in [2.24, 2.45) is 0 Å². The molecule has 2 aliphatic rings. The van der Waals surface area contributed by atoms with Gasteiger partial charge in [-0.1, -0.05) is 48.9 Å². The van der Waals surface area contributed by atoms with E-state index in [-0.39, 0.29) is 12.1 Å². The molecule has 1 atom stereocenters. The van der Waals surface area contributed by atoms with E-state index in [1.807, 2.05) is 0 Å². The Hall–Kier alpha value is -0.520. The van der Waals surface area contributed by atoms with Crippen molar-refractivity contribution in [3.63, 3.8) is 0 Å². The second-order valence-electron chi connectivity index (χ2n) is 8.00. The molecule has 1 aromatic carbocycles. The Balaban J connectivity index is 1.46. The lowest BCUT2D eigenvalue weighted by Crippen LogP contribution is -2.58. The van der Waals surface area contributed by atoms with Gasteiger partial charge in [-0.05, 0) is 57.0 Å². The quantitative estimate of drug-likeness (QED) is 0.656. The molecular formula is C21H32Cl2N2O2. The van der Waals surface area contributed by atoms with Crippen molar-refractivity contribution in [1.82, 2.24) is 10.2 Å². The van der Waals surface area contributed by atoms with Crippen LogP contribution >= 0.6 is 23.2 Å². The van der Waals surface area contributed by atoms with E-state index >= 15 is 0 Å². The average Bonchev–Trinajstić information content (AvgIpc) is 2.69. The van der Waals surface area contributed by atoms with Gasteiger partial charge in [-0.3, -0.25) is 4.90 Å². The second-order valence-corrected chi connectivity index (χ2v) is 8.85. The van der Waals surface area contributed by atoms with E-state index in [9.17, 15) is 5.11 Å². The summed E-state index contributed by atoms with van der Waals surface area (Å²) in [6.07, 6.45) is 9.97. The van der Waals surface area contributed by atoms with Gasteiger partial charge in [-0.2, -0.15) is 0 Å². The third-order valence-corrected chi connectivity index (χ3v) is 6.50. The molecule has 0 bridgehead atoms. The fourth-order valence-electron chi connectivity index (χ4n) is 4.49.